The lowest BCUT2D eigenvalue weighted by molar-refractivity contribution is -0.0765. The summed E-state index contributed by atoms with van der Waals surface area (Å²) in [4.78, 5) is 2.37. The molecule has 1 fully saturated rings. The predicted molar refractivity (Wildman–Crippen MR) is 72.2 cm³/mol. The summed E-state index contributed by atoms with van der Waals surface area (Å²) in [6.45, 7) is 4.73. The summed E-state index contributed by atoms with van der Waals surface area (Å²) in [7, 11) is 0. The molecule has 0 aliphatic carbocycles. The molecule has 3 heteroatoms. The highest BCUT2D eigenvalue weighted by atomic mass is 16.3. The van der Waals surface area contributed by atoms with Crippen molar-refractivity contribution in [1.82, 2.24) is 4.90 Å². The second kappa shape index (κ2) is 5.83. The van der Waals surface area contributed by atoms with Gasteiger partial charge >= 0.3 is 0 Å². The summed E-state index contributed by atoms with van der Waals surface area (Å²) in [5.74, 6) is -0.0311. The van der Waals surface area contributed by atoms with Crippen LogP contribution in [-0.2, 0) is 6.54 Å². The predicted octanol–water partition coefficient (Wildman–Crippen LogP) is 1.64. The van der Waals surface area contributed by atoms with Crippen molar-refractivity contribution in [3.05, 3.63) is 35.9 Å². The fourth-order valence-electron chi connectivity index (χ4n) is 2.60. The van der Waals surface area contributed by atoms with Crippen LogP contribution < -0.4 is 0 Å². The lowest BCUT2D eigenvalue weighted by Crippen LogP contribution is -2.48. The van der Waals surface area contributed by atoms with Gasteiger partial charge in [0.25, 0.3) is 0 Å². The number of benzene rings is 1. The van der Waals surface area contributed by atoms with Crippen molar-refractivity contribution in [2.24, 2.45) is 5.92 Å². The Bertz CT molecular complexity index is 358. The molecule has 1 atom stereocenters. The van der Waals surface area contributed by atoms with Crippen LogP contribution >= 0.6 is 0 Å². The van der Waals surface area contributed by atoms with E-state index in [-0.39, 0.29) is 12.5 Å². The number of rotatable bonds is 4. The Hall–Kier alpha value is -0.900. The average molecular weight is 249 g/mol. The van der Waals surface area contributed by atoms with Gasteiger partial charge in [0, 0.05) is 32.2 Å². The molecule has 2 rings (SSSR count). The van der Waals surface area contributed by atoms with Gasteiger partial charge < -0.3 is 10.2 Å². The van der Waals surface area contributed by atoms with E-state index in [1.807, 2.05) is 13.0 Å². The molecule has 0 bridgehead atoms. The smallest absolute Gasteiger partial charge is 0.0719 e. The number of hydrogen-bond donors (Lipinski definition) is 2. The number of nitrogens with zero attached hydrogens (tertiary/aromatic N) is 1. The molecule has 100 valence electrons. The maximum atomic E-state index is 10.4. The van der Waals surface area contributed by atoms with E-state index in [0.29, 0.717) is 0 Å². The number of aliphatic hydroxyl groups is 2. The minimum atomic E-state index is -0.679. The minimum Gasteiger partial charge on any atom is -0.396 e. The van der Waals surface area contributed by atoms with Crippen molar-refractivity contribution < 1.29 is 10.2 Å². The molecule has 0 aromatic heterocycles. The number of aliphatic hydroxyl groups excluding tert-OH is 1. The van der Waals surface area contributed by atoms with Crippen LogP contribution in [0.15, 0.2) is 30.3 Å². The summed E-state index contributed by atoms with van der Waals surface area (Å²) < 4.78 is 0. The Kier molecular flexibility index (Phi) is 4.38. The summed E-state index contributed by atoms with van der Waals surface area (Å²) in [5.41, 5.74) is 0.639. The topological polar surface area (TPSA) is 43.7 Å². The Morgan fingerprint density at radius 2 is 1.83 bits per heavy atom. The van der Waals surface area contributed by atoms with Gasteiger partial charge in [-0.2, -0.15) is 0 Å². The van der Waals surface area contributed by atoms with Gasteiger partial charge in [0.2, 0.25) is 0 Å². The second-order valence-electron chi connectivity index (χ2n) is 5.45. The molecule has 1 aromatic carbocycles. The van der Waals surface area contributed by atoms with Gasteiger partial charge in [0.1, 0.15) is 0 Å². The average Bonchev–Trinajstić information content (AvgIpc) is 2.42. The molecule has 3 nitrogen and oxygen atoms in total. The zero-order valence-corrected chi connectivity index (χ0v) is 11.0. The van der Waals surface area contributed by atoms with Crippen molar-refractivity contribution >= 4 is 0 Å². The van der Waals surface area contributed by atoms with E-state index in [1.165, 1.54) is 5.56 Å². The maximum absolute atomic E-state index is 10.4. The molecular weight excluding hydrogens is 226 g/mol. The molecule has 2 N–H and O–H groups in total. The van der Waals surface area contributed by atoms with Crippen molar-refractivity contribution in [3.63, 3.8) is 0 Å². The van der Waals surface area contributed by atoms with Crippen molar-refractivity contribution in [3.8, 4) is 0 Å². The van der Waals surface area contributed by atoms with Crippen LogP contribution in [0.3, 0.4) is 0 Å². The zero-order chi connectivity index (χ0) is 13.0. The minimum absolute atomic E-state index is 0.0311. The molecule has 1 aromatic rings. The van der Waals surface area contributed by atoms with Gasteiger partial charge in [0.05, 0.1) is 5.60 Å². The van der Waals surface area contributed by atoms with Crippen LogP contribution in [0.1, 0.15) is 25.3 Å². The first-order chi connectivity index (χ1) is 8.64. The first-order valence-corrected chi connectivity index (χ1v) is 6.73. The summed E-state index contributed by atoms with van der Waals surface area (Å²) in [6, 6.07) is 10.4. The standard InChI is InChI=1S/C15H23NO2/c1-13(12-17)15(18)7-9-16(10-8-15)11-14-5-3-2-4-6-14/h2-6,13,17-18H,7-12H2,1H3. The molecule has 1 heterocycles. The maximum Gasteiger partial charge on any atom is 0.0719 e. The molecule has 1 aliphatic heterocycles. The van der Waals surface area contributed by atoms with E-state index >= 15 is 0 Å². The quantitative estimate of drug-likeness (QED) is 0.852. The van der Waals surface area contributed by atoms with Crippen molar-refractivity contribution in [2.75, 3.05) is 19.7 Å². The van der Waals surface area contributed by atoms with Gasteiger partial charge in [-0.05, 0) is 18.4 Å². The fourth-order valence-corrected chi connectivity index (χ4v) is 2.60. The molecule has 1 unspecified atom stereocenters. The Balaban J connectivity index is 1.87. The molecule has 0 amide bonds. The second-order valence-corrected chi connectivity index (χ2v) is 5.45. The van der Waals surface area contributed by atoms with E-state index < -0.39 is 5.60 Å². The molecule has 0 radical (unpaired) electrons. The molecular formula is C15H23NO2. The van der Waals surface area contributed by atoms with Gasteiger partial charge in [-0.3, -0.25) is 4.90 Å². The summed E-state index contributed by atoms with van der Waals surface area (Å²) in [5, 5.41) is 19.6. The van der Waals surface area contributed by atoms with E-state index in [1.54, 1.807) is 0 Å². The highest BCUT2D eigenvalue weighted by molar-refractivity contribution is 5.14. The van der Waals surface area contributed by atoms with E-state index in [9.17, 15) is 10.2 Å². The van der Waals surface area contributed by atoms with Crippen LogP contribution in [0.4, 0.5) is 0 Å². The first-order valence-electron chi connectivity index (χ1n) is 6.73. The van der Waals surface area contributed by atoms with Gasteiger partial charge in [-0.1, -0.05) is 37.3 Å². The SMILES string of the molecule is CC(CO)C1(O)CCN(Cc2ccccc2)CC1. The molecule has 1 saturated heterocycles. The molecule has 0 saturated carbocycles. The lowest BCUT2D eigenvalue weighted by atomic mass is 9.81. The fraction of sp³-hybridized carbons (Fsp3) is 0.600. The van der Waals surface area contributed by atoms with Gasteiger partial charge in [0.15, 0.2) is 0 Å². The van der Waals surface area contributed by atoms with E-state index in [0.717, 1.165) is 32.5 Å². The third kappa shape index (κ3) is 3.10. The van der Waals surface area contributed by atoms with Crippen LogP contribution in [-0.4, -0.2) is 40.4 Å². The summed E-state index contributed by atoms with van der Waals surface area (Å²) >= 11 is 0. The molecule has 1 aliphatic rings. The molecule has 18 heavy (non-hydrogen) atoms. The van der Waals surface area contributed by atoms with Crippen LogP contribution in [0.2, 0.25) is 0 Å². The highest BCUT2D eigenvalue weighted by Gasteiger charge is 2.36. The van der Waals surface area contributed by atoms with Crippen LogP contribution in [0.5, 0.6) is 0 Å². The highest BCUT2D eigenvalue weighted by Crippen LogP contribution is 2.30. The van der Waals surface area contributed by atoms with Crippen molar-refractivity contribution in [1.29, 1.82) is 0 Å². The van der Waals surface area contributed by atoms with E-state index in [4.69, 9.17) is 0 Å². The van der Waals surface area contributed by atoms with Crippen LogP contribution in [0, 0.1) is 5.92 Å². The largest absolute Gasteiger partial charge is 0.396 e. The van der Waals surface area contributed by atoms with Gasteiger partial charge in [-0.25, -0.2) is 0 Å². The van der Waals surface area contributed by atoms with Crippen LogP contribution in [0.25, 0.3) is 0 Å². The van der Waals surface area contributed by atoms with Crippen molar-refractivity contribution in [2.45, 2.75) is 31.9 Å². The Morgan fingerprint density at radius 3 is 2.39 bits per heavy atom. The Morgan fingerprint density at radius 1 is 1.22 bits per heavy atom. The summed E-state index contributed by atoms with van der Waals surface area (Å²) in [6.07, 6.45) is 1.50. The Labute approximate surface area is 109 Å². The lowest BCUT2D eigenvalue weighted by Gasteiger charge is -2.41. The van der Waals surface area contributed by atoms with Gasteiger partial charge in [-0.15, -0.1) is 0 Å². The third-order valence-electron chi connectivity index (χ3n) is 4.16. The normalized spacial score (nSPS) is 21.7. The number of piperidine rings is 1. The van der Waals surface area contributed by atoms with E-state index in [2.05, 4.69) is 29.2 Å². The number of hydrogen-bond acceptors (Lipinski definition) is 3. The molecule has 0 spiro atoms. The monoisotopic (exact) mass is 249 g/mol. The number of likely N-dealkylation sites (tertiary alicyclic amines) is 1. The first kappa shape index (κ1) is 13.5. The third-order valence-corrected chi connectivity index (χ3v) is 4.16. The zero-order valence-electron chi connectivity index (χ0n) is 11.0.